The van der Waals surface area contributed by atoms with Gasteiger partial charge in [-0.05, 0) is 61.9 Å². The first kappa shape index (κ1) is 30.8. The maximum absolute atomic E-state index is 14.9. The molecule has 1 unspecified atom stereocenters. The molecule has 0 saturated heterocycles. The summed E-state index contributed by atoms with van der Waals surface area (Å²) in [5.41, 5.74) is 0.937. The van der Waals surface area contributed by atoms with Gasteiger partial charge in [-0.1, -0.05) is 30.3 Å². The third-order valence-corrected chi connectivity index (χ3v) is 8.85. The predicted octanol–water partition coefficient (Wildman–Crippen LogP) is 5.83. The SMILES string of the molecule is C=C(NS(=O)(=O)C1C=C(NC(=O)OCC)C=CC1)c1c(-c2ccc[nH]c2=O)c2cc(Cl)ccc2n1Cc1ccc(F)cc1F. The van der Waals surface area contributed by atoms with E-state index in [4.69, 9.17) is 16.3 Å². The van der Waals surface area contributed by atoms with E-state index < -0.39 is 38.6 Å². The molecule has 0 bridgehead atoms. The van der Waals surface area contributed by atoms with Crippen molar-refractivity contribution in [1.82, 2.24) is 19.6 Å². The van der Waals surface area contributed by atoms with E-state index in [1.54, 1.807) is 54.0 Å². The number of alkyl carbamates (subject to hydrolysis) is 1. The van der Waals surface area contributed by atoms with Crippen molar-refractivity contribution in [3.63, 3.8) is 0 Å². The first-order valence-corrected chi connectivity index (χ1v) is 15.4. The number of aromatic amines is 1. The molecule has 13 heteroatoms. The maximum atomic E-state index is 14.9. The number of amides is 1. The topological polar surface area (TPSA) is 122 Å². The average Bonchev–Trinajstić information content (AvgIpc) is 3.27. The number of carbonyl (C=O) groups is 1. The highest BCUT2D eigenvalue weighted by atomic mass is 35.5. The van der Waals surface area contributed by atoms with Crippen LogP contribution in [0.1, 0.15) is 24.6 Å². The van der Waals surface area contributed by atoms with Crippen LogP contribution in [0, 0.1) is 11.6 Å². The van der Waals surface area contributed by atoms with Gasteiger partial charge in [0.05, 0.1) is 24.5 Å². The second kappa shape index (κ2) is 12.5. The number of pyridine rings is 1. The number of halogens is 3. The molecule has 0 radical (unpaired) electrons. The molecule has 0 fully saturated rings. The lowest BCUT2D eigenvalue weighted by molar-refractivity contribution is 0.155. The number of hydrogen-bond acceptors (Lipinski definition) is 5. The minimum atomic E-state index is -4.19. The van der Waals surface area contributed by atoms with Crippen LogP contribution in [-0.2, 0) is 21.3 Å². The minimum Gasteiger partial charge on any atom is -0.450 e. The number of aromatic nitrogens is 2. The third kappa shape index (κ3) is 6.31. The van der Waals surface area contributed by atoms with Crippen LogP contribution < -0.4 is 15.6 Å². The molecular formula is C31H27ClF2N4O5S. The van der Waals surface area contributed by atoms with Crippen LogP contribution in [0.5, 0.6) is 0 Å². The van der Waals surface area contributed by atoms with E-state index in [1.807, 2.05) is 0 Å². The number of ether oxygens (including phenoxy) is 1. The van der Waals surface area contributed by atoms with E-state index >= 15 is 0 Å². The molecule has 0 saturated carbocycles. The largest absolute Gasteiger partial charge is 0.450 e. The van der Waals surface area contributed by atoms with Gasteiger partial charge >= 0.3 is 6.09 Å². The Balaban J connectivity index is 1.64. The van der Waals surface area contributed by atoms with Crippen LogP contribution in [0.2, 0.25) is 5.02 Å². The molecule has 1 aliphatic carbocycles. The van der Waals surface area contributed by atoms with Gasteiger partial charge in [-0.15, -0.1) is 0 Å². The summed E-state index contributed by atoms with van der Waals surface area (Å²) in [6.07, 6.45) is 5.36. The fourth-order valence-electron chi connectivity index (χ4n) is 5.05. The number of benzene rings is 2. The highest BCUT2D eigenvalue weighted by molar-refractivity contribution is 7.90. The first-order valence-electron chi connectivity index (χ1n) is 13.4. The van der Waals surface area contributed by atoms with Crippen molar-refractivity contribution in [2.24, 2.45) is 0 Å². The number of nitrogens with one attached hydrogen (secondary N) is 3. The van der Waals surface area contributed by atoms with E-state index in [2.05, 4.69) is 21.6 Å². The molecule has 1 aliphatic rings. The summed E-state index contributed by atoms with van der Waals surface area (Å²) in [7, 11) is -4.19. The molecule has 228 valence electrons. The van der Waals surface area contributed by atoms with Crippen LogP contribution in [0.3, 0.4) is 0 Å². The molecule has 3 N–H and O–H groups in total. The zero-order valence-corrected chi connectivity index (χ0v) is 24.9. The maximum Gasteiger partial charge on any atom is 0.411 e. The van der Waals surface area contributed by atoms with Crippen LogP contribution >= 0.6 is 11.6 Å². The van der Waals surface area contributed by atoms with Gasteiger partial charge in [0.2, 0.25) is 10.0 Å². The second-order valence-electron chi connectivity index (χ2n) is 9.89. The Morgan fingerprint density at radius 3 is 2.73 bits per heavy atom. The summed E-state index contributed by atoms with van der Waals surface area (Å²) in [5, 5.41) is 2.21. The predicted molar refractivity (Wildman–Crippen MR) is 165 cm³/mol. The standard InChI is InChI=1S/C31H27ClF2N4O5S/c1-3-43-31(40)36-22-6-4-7-23(16-22)44(41,42)37-18(2)29-28(24-8-5-13-35-30(24)39)25-14-20(32)10-12-27(25)38(29)17-19-9-11-21(33)15-26(19)34/h4-6,8-16,23,37H,2-3,7,17H2,1H3,(H,35,39)(H,36,40). The number of fused-ring (bicyclic) bond motifs is 1. The summed E-state index contributed by atoms with van der Waals surface area (Å²) in [5.74, 6) is -1.56. The number of H-pyrrole nitrogens is 1. The van der Waals surface area contributed by atoms with Crippen molar-refractivity contribution >= 4 is 44.3 Å². The van der Waals surface area contributed by atoms with Crippen LogP contribution in [0.25, 0.3) is 27.7 Å². The molecule has 2 aromatic carbocycles. The number of carbonyl (C=O) groups excluding carboxylic acids is 1. The fraction of sp³-hybridized carbons (Fsp3) is 0.161. The minimum absolute atomic E-state index is 0.0984. The van der Waals surface area contributed by atoms with Gasteiger partial charge in [0.25, 0.3) is 5.56 Å². The monoisotopic (exact) mass is 640 g/mol. The normalized spacial score (nSPS) is 14.7. The average molecular weight is 641 g/mol. The number of allylic oxidation sites excluding steroid dienone is 2. The number of nitrogens with zero attached hydrogens (tertiary/aromatic N) is 1. The molecule has 4 aromatic rings. The Kier molecular flexibility index (Phi) is 8.75. The zero-order valence-electron chi connectivity index (χ0n) is 23.4. The number of hydrogen-bond donors (Lipinski definition) is 3. The molecule has 1 amide bonds. The van der Waals surface area contributed by atoms with Gasteiger partial charge in [0, 0.05) is 50.6 Å². The Hall–Kier alpha value is -4.68. The van der Waals surface area contributed by atoms with Gasteiger partial charge < -0.3 is 14.3 Å². The molecule has 2 heterocycles. The van der Waals surface area contributed by atoms with Crippen molar-refractivity contribution in [3.05, 3.63) is 124 Å². The van der Waals surface area contributed by atoms with Crippen molar-refractivity contribution in [2.75, 3.05) is 6.61 Å². The second-order valence-corrected chi connectivity index (χ2v) is 12.2. The van der Waals surface area contributed by atoms with Crippen molar-refractivity contribution < 1.29 is 26.7 Å². The highest BCUT2D eigenvalue weighted by Crippen LogP contribution is 2.38. The van der Waals surface area contributed by atoms with Gasteiger partial charge in [0.1, 0.15) is 16.9 Å². The first-order chi connectivity index (χ1) is 21.0. The summed E-state index contributed by atoms with van der Waals surface area (Å²) >= 11 is 6.36. The molecule has 44 heavy (non-hydrogen) atoms. The Labute approximate surface area is 256 Å². The van der Waals surface area contributed by atoms with E-state index in [0.717, 1.165) is 12.1 Å². The summed E-state index contributed by atoms with van der Waals surface area (Å²) in [6.45, 7) is 5.65. The molecular weight excluding hydrogens is 614 g/mol. The molecule has 5 rings (SSSR count). The van der Waals surface area contributed by atoms with Crippen molar-refractivity contribution in [1.29, 1.82) is 0 Å². The Morgan fingerprint density at radius 2 is 2.00 bits per heavy atom. The van der Waals surface area contributed by atoms with E-state index in [-0.39, 0.29) is 47.8 Å². The van der Waals surface area contributed by atoms with Crippen LogP contribution in [-0.4, -0.2) is 35.9 Å². The Bertz CT molecular complexity index is 2020. The van der Waals surface area contributed by atoms with Crippen molar-refractivity contribution in [3.8, 4) is 11.1 Å². The van der Waals surface area contributed by atoms with Crippen molar-refractivity contribution in [2.45, 2.75) is 25.1 Å². The molecule has 0 aliphatic heterocycles. The van der Waals surface area contributed by atoms with Gasteiger partial charge in [-0.2, -0.15) is 0 Å². The number of rotatable bonds is 9. The molecule has 1 atom stereocenters. The summed E-state index contributed by atoms with van der Waals surface area (Å²) < 4.78 is 65.0. The van der Waals surface area contributed by atoms with E-state index in [0.29, 0.717) is 21.5 Å². The van der Waals surface area contributed by atoms with Gasteiger partial charge in [-0.3, -0.25) is 14.8 Å². The molecule has 2 aromatic heterocycles. The van der Waals surface area contributed by atoms with E-state index in [1.165, 1.54) is 18.3 Å². The summed E-state index contributed by atoms with van der Waals surface area (Å²) in [4.78, 5) is 27.6. The Morgan fingerprint density at radius 1 is 1.20 bits per heavy atom. The van der Waals surface area contributed by atoms with Gasteiger partial charge in [0.15, 0.2) is 0 Å². The molecule has 0 spiro atoms. The number of sulfonamides is 1. The lowest BCUT2D eigenvalue weighted by atomic mass is 10.0. The lowest BCUT2D eigenvalue weighted by Gasteiger charge is -2.21. The van der Waals surface area contributed by atoms with Crippen LogP contribution in [0.4, 0.5) is 13.6 Å². The highest BCUT2D eigenvalue weighted by Gasteiger charge is 2.29. The van der Waals surface area contributed by atoms with Crippen LogP contribution in [0.15, 0.2) is 90.0 Å². The fourth-order valence-corrected chi connectivity index (χ4v) is 6.50. The third-order valence-electron chi connectivity index (χ3n) is 6.96. The van der Waals surface area contributed by atoms with E-state index in [9.17, 15) is 26.8 Å². The zero-order chi connectivity index (χ0) is 31.6. The summed E-state index contributed by atoms with van der Waals surface area (Å²) in [6, 6.07) is 11.2. The molecule has 9 nitrogen and oxygen atoms in total. The van der Waals surface area contributed by atoms with Gasteiger partial charge in [-0.25, -0.2) is 22.0 Å². The smallest absolute Gasteiger partial charge is 0.411 e. The quantitative estimate of drug-likeness (QED) is 0.213. The lowest BCUT2D eigenvalue weighted by Crippen LogP contribution is -2.35.